The van der Waals surface area contributed by atoms with E-state index in [1.54, 1.807) is 4.90 Å². The fourth-order valence-electron chi connectivity index (χ4n) is 7.60. The van der Waals surface area contributed by atoms with Crippen LogP contribution in [0.3, 0.4) is 0 Å². The van der Waals surface area contributed by atoms with Crippen LogP contribution in [0.25, 0.3) is 0 Å². The molecule has 1 saturated heterocycles. The van der Waals surface area contributed by atoms with Crippen molar-refractivity contribution < 1.29 is 14.4 Å². The number of rotatable bonds is 14. The number of aryl methyl sites for hydroxylation is 2. The fourth-order valence-corrected chi connectivity index (χ4v) is 7.60. The number of aromatic amines is 1. The minimum Gasteiger partial charge on any atom is -0.351 e. The topological polar surface area (TPSA) is 175 Å². The lowest BCUT2D eigenvalue weighted by Crippen LogP contribution is -2.44. The maximum Gasteiger partial charge on any atom is 0.251 e. The summed E-state index contributed by atoms with van der Waals surface area (Å²) in [5.41, 5.74) is 4.14. The van der Waals surface area contributed by atoms with Crippen molar-refractivity contribution in [3.8, 4) is 6.07 Å². The van der Waals surface area contributed by atoms with Gasteiger partial charge in [-0.25, -0.2) is 5.10 Å². The van der Waals surface area contributed by atoms with Crippen LogP contribution in [0.15, 0.2) is 36.4 Å². The van der Waals surface area contributed by atoms with E-state index in [0.29, 0.717) is 61.8 Å². The third-order valence-corrected chi connectivity index (χ3v) is 10.3. The van der Waals surface area contributed by atoms with Gasteiger partial charge in [0.25, 0.3) is 11.8 Å². The summed E-state index contributed by atoms with van der Waals surface area (Å²) in [7, 11) is 7.86. The minimum absolute atomic E-state index is 0.0616. The molecular weight excluding hydrogens is 634 g/mol. The molecule has 264 valence electrons. The van der Waals surface area contributed by atoms with Crippen molar-refractivity contribution in [1.82, 2.24) is 51.3 Å². The van der Waals surface area contributed by atoms with Crippen LogP contribution in [-0.2, 0) is 23.1 Å². The Hall–Kier alpha value is -4.71. The van der Waals surface area contributed by atoms with Gasteiger partial charge in [0, 0.05) is 43.3 Å². The van der Waals surface area contributed by atoms with Gasteiger partial charge in [-0.05, 0) is 130 Å². The summed E-state index contributed by atoms with van der Waals surface area (Å²) in [6, 6.07) is 13.7. The molecule has 14 heteroatoms. The first-order valence-corrected chi connectivity index (χ1v) is 17.4. The molecule has 2 aromatic carbocycles. The number of nitrogens with zero attached hydrogens (tertiary/aromatic N) is 7. The number of nitrogens with one attached hydrogen (secondary N) is 4. The summed E-state index contributed by atoms with van der Waals surface area (Å²) >= 11 is 0. The van der Waals surface area contributed by atoms with Gasteiger partial charge in [0.05, 0.1) is 18.0 Å². The lowest BCUT2D eigenvalue weighted by molar-refractivity contribution is -0.131. The van der Waals surface area contributed by atoms with Crippen LogP contribution in [0, 0.1) is 17.2 Å². The van der Waals surface area contributed by atoms with Gasteiger partial charge in [-0.1, -0.05) is 12.1 Å². The second-order valence-corrected chi connectivity index (χ2v) is 14.2. The van der Waals surface area contributed by atoms with Gasteiger partial charge in [0.1, 0.15) is 6.04 Å². The van der Waals surface area contributed by atoms with E-state index in [-0.39, 0.29) is 36.3 Å². The van der Waals surface area contributed by atoms with E-state index in [9.17, 15) is 19.6 Å². The van der Waals surface area contributed by atoms with Crippen molar-refractivity contribution in [3.63, 3.8) is 0 Å². The van der Waals surface area contributed by atoms with Crippen molar-refractivity contribution in [3.05, 3.63) is 75.6 Å². The standard InChI is InChI=1S/C36H47N11O3/c1-45(2)15-13-39-33(49)25-7-9-29-23(17-25)5-6-24-18-26(34(50)40-14-16-46(3)4)8-10-30(24)36(29,35-41-43-44-42-35)11-12-38-22-32(48)47-28(21-37)19-27-20-31(27)47/h7-10,17-18,27-28,31,38H,5-6,11-16,19-20,22H2,1-4H3,(H,39,49)(H,40,50)(H,41,42,43,44)/t27-,28?,31+/m1/s1. The molecule has 3 aliphatic rings. The third kappa shape index (κ3) is 7.26. The molecule has 3 atom stereocenters. The van der Waals surface area contributed by atoms with E-state index in [1.807, 2.05) is 74.4 Å². The number of piperidine rings is 1. The molecule has 1 aliphatic heterocycles. The molecule has 14 nitrogen and oxygen atoms in total. The predicted molar refractivity (Wildman–Crippen MR) is 186 cm³/mol. The van der Waals surface area contributed by atoms with Crippen molar-refractivity contribution in [2.75, 3.05) is 67.5 Å². The number of likely N-dealkylation sites (N-methyl/N-ethyl adjacent to an activating group) is 2. The first-order chi connectivity index (χ1) is 24.1. The number of benzene rings is 2. The summed E-state index contributed by atoms with van der Waals surface area (Å²) in [6.45, 7) is 3.06. The normalized spacial score (nSPS) is 20.0. The van der Waals surface area contributed by atoms with E-state index in [0.717, 1.165) is 48.2 Å². The lowest BCUT2D eigenvalue weighted by atomic mass is 9.69. The van der Waals surface area contributed by atoms with Crippen LogP contribution in [-0.4, -0.2) is 133 Å². The molecule has 0 spiro atoms. The van der Waals surface area contributed by atoms with Crippen LogP contribution in [0.2, 0.25) is 0 Å². The quantitative estimate of drug-likeness (QED) is 0.177. The number of hydrogen-bond acceptors (Lipinski definition) is 10. The average Bonchev–Trinajstić information content (AvgIpc) is 3.48. The lowest BCUT2D eigenvalue weighted by Gasteiger charge is -2.35. The smallest absolute Gasteiger partial charge is 0.251 e. The highest BCUT2D eigenvalue weighted by Crippen LogP contribution is 2.48. The molecule has 6 rings (SSSR count). The molecule has 2 fully saturated rings. The van der Waals surface area contributed by atoms with Gasteiger partial charge in [0.2, 0.25) is 5.91 Å². The largest absolute Gasteiger partial charge is 0.351 e. The van der Waals surface area contributed by atoms with Gasteiger partial charge in [-0.3, -0.25) is 14.4 Å². The summed E-state index contributed by atoms with van der Waals surface area (Å²) in [5.74, 6) is 0.635. The van der Waals surface area contributed by atoms with Gasteiger partial charge in [-0.2, -0.15) is 5.26 Å². The van der Waals surface area contributed by atoms with Crippen LogP contribution >= 0.6 is 0 Å². The Morgan fingerprint density at radius 3 is 2.04 bits per heavy atom. The molecule has 0 bridgehead atoms. The van der Waals surface area contributed by atoms with Crippen molar-refractivity contribution in [2.24, 2.45) is 5.92 Å². The SMILES string of the molecule is CN(C)CCNC(=O)c1ccc2c(c1)CCc1cc(C(=O)NCCN(C)C)ccc1C2(CCNCC(=O)N1C(C#N)C[C@@H]2C[C@@H]21)c1nnn[nH]1. The predicted octanol–water partition coefficient (Wildman–Crippen LogP) is 0.708. The molecular formula is C36H47N11O3. The Balaban J connectivity index is 1.33. The Bertz CT molecular complexity index is 1670. The molecule has 1 unspecified atom stereocenters. The second kappa shape index (κ2) is 15.0. The highest BCUT2D eigenvalue weighted by Gasteiger charge is 2.54. The van der Waals surface area contributed by atoms with Crippen molar-refractivity contribution in [2.45, 2.75) is 49.6 Å². The first kappa shape index (κ1) is 35.1. The Morgan fingerprint density at radius 1 is 0.920 bits per heavy atom. The molecule has 3 amide bonds. The van der Waals surface area contributed by atoms with Crippen molar-refractivity contribution >= 4 is 17.7 Å². The zero-order valence-corrected chi connectivity index (χ0v) is 29.3. The number of hydrogen-bond donors (Lipinski definition) is 4. The molecule has 1 aromatic heterocycles. The maximum atomic E-state index is 13.3. The van der Waals surface area contributed by atoms with E-state index in [2.05, 4.69) is 42.6 Å². The highest BCUT2D eigenvalue weighted by molar-refractivity contribution is 5.95. The Labute approximate surface area is 293 Å². The van der Waals surface area contributed by atoms with E-state index in [4.69, 9.17) is 0 Å². The van der Waals surface area contributed by atoms with E-state index < -0.39 is 5.41 Å². The van der Waals surface area contributed by atoms with Crippen LogP contribution < -0.4 is 16.0 Å². The molecule has 2 aliphatic carbocycles. The number of tetrazole rings is 1. The van der Waals surface area contributed by atoms with Gasteiger partial charge in [-0.15, -0.1) is 5.10 Å². The van der Waals surface area contributed by atoms with E-state index >= 15 is 0 Å². The monoisotopic (exact) mass is 681 g/mol. The highest BCUT2D eigenvalue weighted by atomic mass is 16.2. The van der Waals surface area contributed by atoms with Crippen molar-refractivity contribution in [1.29, 1.82) is 5.26 Å². The van der Waals surface area contributed by atoms with Gasteiger partial charge >= 0.3 is 0 Å². The maximum absolute atomic E-state index is 13.3. The number of carbonyl (C=O) groups excluding carboxylic acids is 3. The number of H-pyrrole nitrogens is 1. The number of carbonyl (C=O) groups is 3. The summed E-state index contributed by atoms with van der Waals surface area (Å²) in [5, 5.41) is 34.5. The summed E-state index contributed by atoms with van der Waals surface area (Å²) in [6.07, 6.45) is 3.48. The molecule has 2 heterocycles. The number of aromatic nitrogens is 4. The third-order valence-electron chi connectivity index (χ3n) is 10.3. The number of likely N-dealkylation sites (tertiary alicyclic amines) is 1. The number of nitriles is 1. The van der Waals surface area contributed by atoms with Gasteiger partial charge < -0.3 is 30.7 Å². The minimum atomic E-state index is -0.884. The van der Waals surface area contributed by atoms with E-state index in [1.165, 1.54) is 0 Å². The van der Waals surface area contributed by atoms with Crippen LogP contribution in [0.4, 0.5) is 0 Å². The number of fused-ring (bicyclic) bond motifs is 3. The first-order valence-electron chi connectivity index (χ1n) is 17.4. The molecule has 3 aromatic rings. The Kier molecular flexibility index (Phi) is 10.6. The molecule has 1 saturated carbocycles. The number of amides is 3. The molecule has 50 heavy (non-hydrogen) atoms. The Morgan fingerprint density at radius 2 is 1.52 bits per heavy atom. The molecule has 0 radical (unpaired) electrons. The van der Waals surface area contributed by atoms with Crippen LogP contribution in [0.5, 0.6) is 0 Å². The summed E-state index contributed by atoms with van der Waals surface area (Å²) in [4.78, 5) is 45.5. The molecule has 4 N–H and O–H groups in total. The second-order valence-electron chi connectivity index (χ2n) is 14.2. The zero-order valence-electron chi connectivity index (χ0n) is 29.3. The fraction of sp³-hybridized carbons (Fsp3) is 0.528. The summed E-state index contributed by atoms with van der Waals surface area (Å²) < 4.78 is 0. The zero-order chi connectivity index (χ0) is 35.4. The average molecular weight is 682 g/mol. The van der Waals surface area contributed by atoms with Gasteiger partial charge in [0.15, 0.2) is 5.82 Å². The van der Waals surface area contributed by atoms with Crippen LogP contribution in [0.1, 0.15) is 68.1 Å².